The molecule has 1 aromatic heterocycles. The van der Waals surface area contributed by atoms with Crippen LogP contribution < -0.4 is 5.43 Å². The van der Waals surface area contributed by atoms with Gasteiger partial charge in [-0.25, -0.2) is 17.6 Å². The van der Waals surface area contributed by atoms with Crippen LogP contribution in [0.1, 0.15) is 24.4 Å². The van der Waals surface area contributed by atoms with Gasteiger partial charge in [0.2, 0.25) is 0 Å². The average molecular weight is 287 g/mol. The second-order valence-electron chi connectivity index (χ2n) is 4.76. The van der Waals surface area contributed by atoms with Crippen molar-refractivity contribution in [1.29, 1.82) is 0 Å². The number of hydrogen-bond acceptors (Lipinski definition) is 2. The summed E-state index contributed by atoms with van der Waals surface area (Å²) in [6.07, 6.45) is 2.48. The minimum Gasteiger partial charge on any atom is -0.391 e. The number of halogens is 4. The molecule has 0 aliphatic heterocycles. The number of pyridine rings is 1. The first-order valence-corrected chi connectivity index (χ1v) is 5.98. The van der Waals surface area contributed by atoms with E-state index in [9.17, 15) is 22.4 Å². The Balaban J connectivity index is 2.57. The predicted molar refractivity (Wildman–Crippen MR) is 62.2 cm³/mol. The van der Waals surface area contributed by atoms with Crippen LogP contribution in [0.3, 0.4) is 0 Å². The van der Waals surface area contributed by atoms with Crippen LogP contribution in [-0.4, -0.2) is 9.67 Å². The topological polar surface area (TPSA) is 42.2 Å². The van der Waals surface area contributed by atoms with Crippen LogP contribution >= 0.6 is 0 Å². The van der Waals surface area contributed by atoms with Crippen molar-refractivity contribution >= 4 is 10.9 Å². The summed E-state index contributed by atoms with van der Waals surface area (Å²) >= 11 is 0. The minimum absolute atomic E-state index is 0.186. The second-order valence-corrected chi connectivity index (χ2v) is 4.76. The van der Waals surface area contributed by atoms with E-state index in [0.29, 0.717) is 12.8 Å². The maximum atomic E-state index is 13.9. The Hall–Kier alpha value is -1.89. The van der Waals surface area contributed by atoms with E-state index >= 15 is 0 Å². The number of rotatable bonds is 2. The van der Waals surface area contributed by atoms with Gasteiger partial charge in [0.05, 0.1) is 17.5 Å². The van der Waals surface area contributed by atoms with Crippen LogP contribution in [0.4, 0.5) is 17.6 Å². The third-order valence-electron chi connectivity index (χ3n) is 3.42. The zero-order valence-electron chi connectivity index (χ0n) is 10.1. The zero-order chi connectivity index (χ0) is 14.6. The number of aliphatic hydroxyl groups is 1. The molecule has 0 saturated heterocycles. The number of benzene rings is 1. The Labute approximate surface area is 110 Å². The summed E-state index contributed by atoms with van der Waals surface area (Å²) < 4.78 is 55.5. The quantitative estimate of drug-likeness (QED) is 0.523. The van der Waals surface area contributed by atoms with Gasteiger partial charge in [0, 0.05) is 17.8 Å². The van der Waals surface area contributed by atoms with E-state index < -0.39 is 46.2 Å². The third-order valence-corrected chi connectivity index (χ3v) is 3.42. The number of nitrogens with zero attached hydrogens (tertiary/aromatic N) is 1. The van der Waals surface area contributed by atoms with Gasteiger partial charge in [0.15, 0.2) is 28.7 Å². The van der Waals surface area contributed by atoms with Crippen molar-refractivity contribution in [3.05, 3.63) is 45.3 Å². The highest BCUT2D eigenvalue weighted by atomic mass is 19.2. The molecular weight excluding hydrogens is 278 g/mol. The summed E-state index contributed by atoms with van der Waals surface area (Å²) in [4.78, 5) is 11.9. The lowest BCUT2D eigenvalue weighted by molar-refractivity contribution is 0.279. The van der Waals surface area contributed by atoms with Gasteiger partial charge in [-0.2, -0.15) is 0 Å². The highest BCUT2D eigenvalue weighted by molar-refractivity contribution is 5.81. The lowest BCUT2D eigenvalue weighted by Crippen LogP contribution is -2.18. The number of fused-ring (bicyclic) bond motifs is 1. The van der Waals surface area contributed by atoms with E-state index in [1.807, 2.05) is 0 Å². The molecule has 1 saturated carbocycles. The van der Waals surface area contributed by atoms with Crippen molar-refractivity contribution in [2.45, 2.75) is 25.5 Å². The van der Waals surface area contributed by atoms with Gasteiger partial charge in [-0.05, 0) is 12.8 Å². The van der Waals surface area contributed by atoms with Gasteiger partial charge in [0.25, 0.3) is 0 Å². The summed E-state index contributed by atoms with van der Waals surface area (Å²) in [5.74, 6) is -7.29. The second kappa shape index (κ2) is 4.31. The lowest BCUT2D eigenvalue weighted by Gasteiger charge is -2.14. The van der Waals surface area contributed by atoms with Gasteiger partial charge in [0.1, 0.15) is 0 Å². The molecule has 1 aliphatic rings. The smallest absolute Gasteiger partial charge is 0.199 e. The lowest BCUT2D eigenvalue weighted by atomic mass is 10.1. The number of hydrogen-bond donors (Lipinski definition) is 1. The normalized spacial score (nSPS) is 15.1. The molecule has 0 amide bonds. The fourth-order valence-electron chi connectivity index (χ4n) is 2.27. The molecule has 1 N–H and O–H groups in total. The van der Waals surface area contributed by atoms with Gasteiger partial charge in [-0.15, -0.1) is 0 Å². The van der Waals surface area contributed by atoms with Crippen LogP contribution in [0.5, 0.6) is 0 Å². The molecule has 20 heavy (non-hydrogen) atoms. The van der Waals surface area contributed by atoms with E-state index in [2.05, 4.69) is 0 Å². The fraction of sp³-hybridized carbons (Fsp3) is 0.308. The molecule has 0 radical (unpaired) electrons. The molecular formula is C13H9F4NO2. The van der Waals surface area contributed by atoms with Crippen LogP contribution in [0.15, 0.2) is 11.0 Å². The monoisotopic (exact) mass is 287 g/mol. The first-order valence-electron chi connectivity index (χ1n) is 5.98. The Morgan fingerprint density at radius 1 is 1.10 bits per heavy atom. The van der Waals surface area contributed by atoms with Crippen molar-refractivity contribution in [3.8, 4) is 0 Å². The molecule has 1 heterocycles. The zero-order valence-corrected chi connectivity index (χ0v) is 10.1. The standard InChI is InChI=1S/C13H9F4NO2/c14-8-7-12(11(17)10(16)9(8)15)18(6-1-2-6)3-5(4-19)13(7)20/h3,6,19H,1-2,4H2. The summed E-state index contributed by atoms with van der Waals surface area (Å²) in [5.41, 5.74) is -1.81. The van der Waals surface area contributed by atoms with Crippen molar-refractivity contribution in [2.75, 3.05) is 0 Å². The first-order chi connectivity index (χ1) is 9.47. The summed E-state index contributed by atoms with van der Waals surface area (Å²) in [6, 6.07) is -0.206. The molecule has 1 aromatic carbocycles. The van der Waals surface area contributed by atoms with Gasteiger partial charge < -0.3 is 9.67 Å². The van der Waals surface area contributed by atoms with Crippen LogP contribution in [-0.2, 0) is 6.61 Å². The van der Waals surface area contributed by atoms with E-state index in [0.717, 1.165) is 0 Å². The molecule has 0 bridgehead atoms. The molecule has 7 heteroatoms. The highest BCUT2D eigenvalue weighted by Gasteiger charge is 2.31. The van der Waals surface area contributed by atoms with Crippen LogP contribution in [0.2, 0.25) is 0 Å². The number of aromatic nitrogens is 1. The predicted octanol–water partition coefficient (Wildman–Crippen LogP) is 2.39. The summed E-state index contributed by atoms with van der Waals surface area (Å²) in [5, 5.41) is 8.23. The SMILES string of the molecule is O=c1c(CO)cn(C2CC2)c2c(F)c(F)c(F)c(F)c12. The Bertz CT molecular complexity index is 781. The largest absolute Gasteiger partial charge is 0.391 e. The van der Waals surface area contributed by atoms with Crippen molar-refractivity contribution in [1.82, 2.24) is 4.57 Å². The molecule has 2 aromatic rings. The molecule has 0 atom stereocenters. The molecule has 3 rings (SSSR count). The van der Waals surface area contributed by atoms with Gasteiger partial charge in [-0.3, -0.25) is 4.79 Å². The van der Waals surface area contributed by atoms with Crippen LogP contribution in [0, 0.1) is 23.3 Å². The maximum absolute atomic E-state index is 13.9. The van der Waals surface area contributed by atoms with E-state index in [4.69, 9.17) is 5.11 Å². The molecule has 1 fully saturated rings. The highest BCUT2D eigenvalue weighted by Crippen LogP contribution is 2.38. The van der Waals surface area contributed by atoms with Crippen molar-refractivity contribution in [3.63, 3.8) is 0 Å². The average Bonchev–Trinajstić information content (AvgIpc) is 3.26. The minimum atomic E-state index is -2.02. The van der Waals surface area contributed by atoms with Crippen LogP contribution in [0.25, 0.3) is 10.9 Å². The van der Waals surface area contributed by atoms with E-state index in [1.165, 1.54) is 10.8 Å². The summed E-state index contributed by atoms with van der Waals surface area (Å²) in [7, 11) is 0. The first kappa shape index (κ1) is 13.1. The fourth-order valence-corrected chi connectivity index (χ4v) is 2.27. The Morgan fingerprint density at radius 2 is 1.70 bits per heavy atom. The van der Waals surface area contributed by atoms with Gasteiger partial charge >= 0.3 is 0 Å². The Kier molecular flexibility index (Phi) is 2.82. The maximum Gasteiger partial charge on any atom is 0.199 e. The molecule has 1 aliphatic carbocycles. The van der Waals surface area contributed by atoms with E-state index in [-0.39, 0.29) is 11.6 Å². The molecule has 0 unspecified atom stereocenters. The van der Waals surface area contributed by atoms with Crippen molar-refractivity contribution < 1.29 is 22.7 Å². The molecule has 0 spiro atoms. The molecule has 3 nitrogen and oxygen atoms in total. The number of aliphatic hydroxyl groups excluding tert-OH is 1. The van der Waals surface area contributed by atoms with E-state index in [1.54, 1.807) is 0 Å². The van der Waals surface area contributed by atoms with Gasteiger partial charge in [-0.1, -0.05) is 0 Å². The molecule has 106 valence electrons. The Morgan fingerprint density at radius 3 is 2.25 bits per heavy atom. The summed E-state index contributed by atoms with van der Waals surface area (Å²) in [6.45, 7) is -0.693. The third kappa shape index (κ3) is 1.66. The van der Waals surface area contributed by atoms with Crippen molar-refractivity contribution in [2.24, 2.45) is 0 Å².